The van der Waals surface area contributed by atoms with E-state index in [9.17, 15) is 10.2 Å². The van der Waals surface area contributed by atoms with Crippen molar-refractivity contribution in [2.45, 2.75) is 194 Å². The topological polar surface area (TPSA) is 40.5 Å². The lowest BCUT2D eigenvalue weighted by Crippen LogP contribution is -2.01. The SMILES string of the molecule is CCCCCCCCCCc1cc(O)c(CCCCCCCCCC)c(O)c1CCCCCCCCCC. The van der Waals surface area contributed by atoms with E-state index < -0.39 is 0 Å². The van der Waals surface area contributed by atoms with Crippen LogP contribution in [0.4, 0.5) is 0 Å². The Balaban J connectivity index is 2.62. The summed E-state index contributed by atoms with van der Waals surface area (Å²) in [6.07, 6.45) is 33.9. The maximum atomic E-state index is 11.3. The first kappa shape index (κ1) is 34.8. The zero-order chi connectivity index (χ0) is 27.7. The number of benzene rings is 1. The molecule has 0 unspecified atom stereocenters. The molecule has 2 nitrogen and oxygen atoms in total. The lowest BCUT2D eigenvalue weighted by Gasteiger charge is -2.17. The van der Waals surface area contributed by atoms with E-state index in [0.717, 1.165) is 49.7 Å². The summed E-state index contributed by atoms with van der Waals surface area (Å²) in [4.78, 5) is 0. The van der Waals surface area contributed by atoms with E-state index in [-0.39, 0.29) is 0 Å². The van der Waals surface area contributed by atoms with Gasteiger partial charge in [0.05, 0.1) is 0 Å². The van der Waals surface area contributed by atoms with Gasteiger partial charge in [-0.1, -0.05) is 156 Å². The third-order valence-electron chi connectivity index (χ3n) is 8.44. The molecule has 0 bridgehead atoms. The average molecular weight is 531 g/mol. The summed E-state index contributed by atoms with van der Waals surface area (Å²) in [6, 6.07) is 2.02. The first-order chi connectivity index (χ1) is 18.7. The molecule has 0 aliphatic rings. The maximum absolute atomic E-state index is 11.3. The van der Waals surface area contributed by atoms with Crippen molar-refractivity contribution in [3.05, 3.63) is 22.8 Å². The number of phenolic OH excluding ortho intramolecular Hbond substituents is 2. The van der Waals surface area contributed by atoms with Crippen molar-refractivity contribution < 1.29 is 10.2 Å². The summed E-state index contributed by atoms with van der Waals surface area (Å²) in [7, 11) is 0. The number of phenols is 2. The van der Waals surface area contributed by atoms with Crippen LogP contribution in [0.1, 0.15) is 192 Å². The molecule has 0 spiro atoms. The number of rotatable bonds is 27. The van der Waals surface area contributed by atoms with Gasteiger partial charge in [-0.2, -0.15) is 0 Å². The first-order valence-corrected chi connectivity index (χ1v) is 17.2. The summed E-state index contributed by atoms with van der Waals surface area (Å²) >= 11 is 0. The van der Waals surface area contributed by atoms with Crippen molar-refractivity contribution in [2.75, 3.05) is 0 Å². The Morgan fingerprint density at radius 1 is 0.395 bits per heavy atom. The molecular formula is C36H66O2. The summed E-state index contributed by atoms with van der Waals surface area (Å²) < 4.78 is 0. The van der Waals surface area contributed by atoms with Crippen LogP contribution in [0.25, 0.3) is 0 Å². The predicted octanol–water partition coefficient (Wildman–Crippen LogP) is 12.1. The van der Waals surface area contributed by atoms with E-state index in [0.29, 0.717) is 11.5 Å². The second kappa shape index (κ2) is 24.8. The molecule has 0 atom stereocenters. The highest BCUT2D eigenvalue weighted by Gasteiger charge is 2.17. The monoisotopic (exact) mass is 531 g/mol. The molecule has 0 aliphatic heterocycles. The van der Waals surface area contributed by atoms with E-state index >= 15 is 0 Å². The van der Waals surface area contributed by atoms with E-state index in [1.807, 2.05) is 6.07 Å². The van der Waals surface area contributed by atoms with E-state index in [1.54, 1.807) is 0 Å². The van der Waals surface area contributed by atoms with Crippen LogP contribution in [0.3, 0.4) is 0 Å². The highest BCUT2D eigenvalue weighted by molar-refractivity contribution is 5.53. The van der Waals surface area contributed by atoms with Gasteiger partial charge >= 0.3 is 0 Å². The Morgan fingerprint density at radius 3 is 1.11 bits per heavy atom. The molecule has 222 valence electrons. The molecule has 0 amide bonds. The van der Waals surface area contributed by atoms with Gasteiger partial charge in [0.15, 0.2) is 0 Å². The Morgan fingerprint density at radius 2 is 0.711 bits per heavy atom. The standard InChI is InChI=1S/C36H66O2/c1-4-7-10-13-16-19-22-25-28-32-31-35(37)34(30-27-24-21-18-15-12-9-6-3)36(38)33(32)29-26-23-20-17-14-11-8-5-2/h31,37-38H,4-30H2,1-3H3. The largest absolute Gasteiger partial charge is 0.508 e. The second-order valence-electron chi connectivity index (χ2n) is 12.0. The molecule has 0 saturated heterocycles. The van der Waals surface area contributed by atoms with Crippen LogP contribution in [-0.2, 0) is 19.3 Å². The summed E-state index contributed by atoms with van der Waals surface area (Å²) in [5.41, 5.74) is 3.16. The van der Waals surface area contributed by atoms with Gasteiger partial charge in [0, 0.05) is 5.56 Å². The average Bonchev–Trinajstić information content (AvgIpc) is 2.91. The second-order valence-corrected chi connectivity index (χ2v) is 12.0. The van der Waals surface area contributed by atoms with Crippen molar-refractivity contribution in [1.82, 2.24) is 0 Å². The van der Waals surface area contributed by atoms with E-state index in [4.69, 9.17) is 0 Å². The van der Waals surface area contributed by atoms with Crippen LogP contribution in [0, 0.1) is 0 Å². The van der Waals surface area contributed by atoms with Crippen molar-refractivity contribution in [2.24, 2.45) is 0 Å². The van der Waals surface area contributed by atoms with Crippen LogP contribution < -0.4 is 0 Å². The smallest absolute Gasteiger partial charge is 0.125 e. The van der Waals surface area contributed by atoms with Crippen LogP contribution in [0.2, 0.25) is 0 Å². The molecule has 0 aromatic heterocycles. The Hall–Kier alpha value is -1.18. The normalized spacial score (nSPS) is 11.4. The quantitative estimate of drug-likeness (QED) is 0.111. The van der Waals surface area contributed by atoms with Crippen molar-refractivity contribution in [3.63, 3.8) is 0 Å². The van der Waals surface area contributed by atoms with E-state index in [2.05, 4.69) is 20.8 Å². The van der Waals surface area contributed by atoms with Gasteiger partial charge in [0.1, 0.15) is 11.5 Å². The minimum atomic E-state index is 0.333. The molecular weight excluding hydrogens is 464 g/mol. The molecule has 0 aliphatic carbocycles. The third kappa shape index (κ3) is 16.7. The number of hydrogen-bond acceptors (Lipinski definition) is 2. The highest BCUT2D eigenvalue weighted by Crippen LogP contribution is 2.37. The number of hydrogen-bond donors (Lipinski definition) is 2. The van der Waals surface area contributed by atoms with Gasteiger partial charge in [-0.3, -0.25) is 0 Å². The molecule has 0 saturated carbocycles. The molecule has 0 heterocycles. The Bertz CT molecular complexity index is 666. The first-order valence-electron chi connectivity index (χ1n) is 17.2. The van der Waals surface area contributed by atoms with Crippen molar-refractivity contribution in [1.29, 1.82) is 0 Å². The molecule has 0 radical (unpaired) electrons. The van der Waals surface area contributed by atoms with Crippen molar-refractivity contribution in [3.8, 4) is 11.5 Å². The molecule has 1 aromatic rings. The molecule has 38 heavy (non-hydrogen) atoms. The van der Waals surface area contributed by atoms with Crippen LogP contribution in [-0.4, -0.2) is 10.2 Å². The highest BCUT2D eigenvalue weighted by atomic mass is 16.3. The van der Waals surface area contributed by atoms with Crippen LogP contribution in [0.15, 0.2) is 6.07 Å². The van der Waals surface area contributed by atoms with Gasteiger partial charge in [0.2, 0.25) is 0 Å². The zero-order valence-corrected chi connectivity index (χ0v) is 26.1. The molecule has 0 fully saturated rings. The van der Waals surface area contributed by atoms with Crippen molar-refractivity contribution >= 4 is 0 Å². The summed E-state index contributed by atoms with van der Waals surface area (Å²) in [6.45, 7) is 6.82. The minimum absolute atomic E-state index is 0.333. The fourth-order valence-corrected chi connectivity index (χ4v) is 5.86. The lowest BCUT2D eigenvalue weighted by atomic mass is 9.91. The zero-order valence-electron chi connectivity index (χ0n) is 26.1. The van der Waals surface area contributed by atoms with Gasteiger partial charge in [-0.15, -0.1) is 0 Å². The predicted molar refractivity (Wildman–Crippen MR) is 169 cm³/mol. The number of aromatic hydroxyl groups is 2. The number of aryl methyl sites for hydroxylation is 1. The maximum Gasteiger partial charge on any atom is 0.125 e. The number of unbranched alkanes of at least 4 members (excludes halogenated alkanes) is 21. The summed E-state index contributed by atoms with van der Waals surface area (Å²) in [5.74, 6) is 0.755. The van der Waals surface area contributed by atoms with Gasteiger partial charge < -0.3 is 10.2 Å². The van der Waals surface area contributed by atoms with Crippen LogP contribution >= 0.6 is 0 Å². The molecule has 1 rings (SSSR count). The fraction of sp³-hybridized carbons (Fsp3) is 0.833. The van der Waals surface area contributed by atoms with E-state index in [1.165, 1.54) is 140 Å². The van der Waals surface area contributed by atoms with Gasteiger partial charge in [-0.25, -0.2) is 0 Å². The fourth-order valence-electron chi connectivity index (χ4n) is 5.86. The molecule has 2 heteroatoms. The minimum Gasteiger partial charge on any atom is -0.508 e. The summed E-state index contributed by atoms with van der Waals surface area (Å²) in [5, 5.41) is 22.2. The third-order valence-corrected chi connectivity index (χ3v) is 8.44. The molecule has 2 N–H and O–H groups in total. The van der Waals surface area contributed by atoms with Gasteiger partial charge in [0.25, 0.3) is 0 Å². The Labute approximate surface area is 238 Å². The van der Waals surface area contributed by atoms with Crippen LogP contribution in [0.5, 0.6) is 11.5 Å². The molecule has 1 aromatic carbocycles. The Kier molecular flexibility index (Phi) is 22.8. The van der Waals surface area contributed by atoms with Gasteiger partial charge in [-0.05, 0) is 55.7 Å². The lowest BCUT2D eigenvalue weighted by molar-refractivity contribution is 0.427.